The van der Waals surface area contributed by atoms with E-state index < -0.39 is 39.0 Å². The summed E-state index contributed by atoms with van der Waals surface area (Å²) in [6, 6.07) is 0. The molecule has 0 bridgehead atoms. The molecular weight excluding hydrogens is 182 g/mol. The van der Waals surface area contributed by atoms with Gasteiger partial charge < -0.3 is 0 Å². The van der Waals surface area contributed by atoms with Crippen molar-refractivity contribution < 1.29 is 0 Å². The van der Waals surface area contributed by atoms with Crippen molar-refractivity contribution in [3.05, 3.63) is 0 Å². The predicted octanol–water partition coefficient (Wildman–Crippen LogP) is -4.47. The van der Waals surface area contributed by atoms with E-state index in [4.69, 9.17) is 61.9 Å². The highest BCUT2D eigenvalue weighted by atomic mass is 31.1. The fourth-order valence-corrected chi connectivity index (χ4v) is 3.54. The van der Waals surface area contributed by atoms with Gasteiger partial charge in [0.15, 0.2) is 0 Å². The Bertz CT molecular complexity index is 153. The van der Waals surface area contributed by atoms with Crippen LogP contribution in [0.1, 0.15) is 0 Å². The standard InChI is InChI=1S/B14P/c1-9-13(8)15(12(6)7)14(10(2)3)11(4)5. The van der Waals surface area contributed by atoms with E-state index in [1.165, 1.54) is 7.06 Å². The van der Waals surface area contributed by atoms with Gasteiger partial charge in [0.1, 0.15) is 0 Å². The van der Waals surface area contributed by atoms with Crippen LogP contribution < -0.4 is 0 Å². The molecule has 1 unspecified atom stereocenters. The zero-order chi connectivity index (χ0) is 12.2. The van der Waals surface area contributed by atoms with Crippen molar-refractivity contribution >= 4 is 108 Å². The van der Waals surface area contributed by atoms with Gasteiger partial charge >= 0.3 is 0 Å². The quantitative estimate of drug-likeness (QED) is 0.287. The molecule has 0 fully saturated rings. The van der Waals surface area contributed by atoms with Crippen molar-refractivity contribution in [2.24, 2.45) is 0 Å². The highest BCUT2D eigenvalue weighted by Gasteiger charge is 2.34. The molecule has 0 N–H and O–H groups in total. The van der Waals surface area contributed by atoms with Crippen molar-refractivity contribution in [3.63, 3.8) is 0 Å². The first-order valence-electron chi connectivity index (χ1n) is 4.44. The van der Waals surface area contributed by atoms with Gasteiger partial charge in [-0.05, 0) is 0 Å². The second kappa shape index (κ2) is 7.62. The minimum Gasteiger partial charge on any atom is -0.253 e. The summed E-state index contributed by atoms with van der Waals surface area (Å²) < 4.78 is 0. The lowest BCUT2D eigenvalue weighted by atomic mass is 8.80. The van der Waals surface area contributed by atoms with Crippen LogP contribution in [-0.4, -0.2) is 100 Å². The van der Waals surface area contributed by atoms with Crippen molar-refractivity contribution in [3.8, 4) is 0 Å². The number of hydrogen-bond acceptors (Lipinski definition) is 0. The largest absolute Gasteiger partial charge is 0.253 e. The smallest absolute Gasteiger partial charge is 0.0529 e. The third kappa shape index (κ3) is 5.01. The van der Waals surface area contributed by atoms with Crippen molar-refractivity contribution in [2.45, 2.75) is 0 Å². The molecule has 0 aromatic carbocycles. The minimum atomic E-state index is -1.17. The van der Waals surface area contributed by atoms with E-state index in [1.54, 1.807) is 0 Å². The average Bonchev–Trinajstić information content (AvgIpc) is 2.10. The predicted molar refractivity (Wildman–Crippen MR) is 87.5 cm³/mol. The molecule has 0 nitrogen and oxygen atoms in total. The van der Waals surface area contributed by atoms with Crippen LogP contribution in [0.2, 0.25) is 0 Å². The maximum Gasteiger partial charge on any atom is 0.0529 e. The van der Waals surface area contributed by atoms with Crippen LogP contribution in [-0.2, 0) is 0 Å². The Hall–Kier alpha value is 1.34. The normalized spacial score (nSPS) is 11.2. The molecule has 0 aliphatic carbocycles. The number of hydrogen-bond donors (Lipinski definition) is 0. The van der Waals surface area contributed by atoms with Gasteiger partial charge in [-0.15, -0.1) is 0 Å². The molecule has 0 saturated heterocycles. The molecule has 0 heterocycles. The van der Waals surface area contributed by atoms with E-state index in [9.17, 15) is 0 Å². The zero-order valence-corrected chi connectivity index (χ0v) is 9.42. The van der Waals surface area contributed by atoms with Gasteiger partial charge in [0.25, 0.3) is 0 Å². The van der Waals surface area contributed by atoms with Crippen molar-refractivity contribution in [1.29, 1.82) is 0 Å². The third-order valence-electron chi connectivity index (χ3n) is 2.02. The van der Waals surface area contributed by atoms with Gasteiger partial charge in [-0.25, -0.2) is 0 Å². The van der Waals surface area contributed by atoms with Crippen LogP contribution in [0, 0.1) is 0 Å². The van der Waals surface area contributed by atoms with E-state index in [-0.39, 0.29) is 0 Å². The molecule has 0 aliphatic heterocycles. The Balaban J connectivity index is 4.84. The van der Waals surface area contributed by atoms with Crippen LogP contribution in [0.4, 0.5) is 0 Å². The molecule has 0 amide bonds. The van der Waals surface area contributed by atoms with Gasteiger partial charge in [-0.3, -0.25) is 7.56 Å². The Morgan fingerprint density at radius 2 is 1.20 bits per heavy atom. The second-order valence-corrected chi connectivity index (χ2v) is 5.95. The van der Waals surface area contributed by atoms with E-state index in [2.05, 4.69) is 0 Å². The maximum atomic E-state index is 5.76. The first-order chi connectivity index (χ1) is 6.82. The maximum absolute atomic E-state index is 5.76. The van der Waals surface area contributed by atoms with Crippen LogP contribution in [0.25, 0.3) is 0 Å². The highest BCUT2D eigenvalue weighted by molar-refractivity contribution is 8.50. The molecule has 15 heavy (non-hydrogen) atoms. The Kier molecular flexibility index (Phi) is 8.30. The topological polar surface area (TPSA) is 0 Å². The number of rotatable bonds is 6. The van der Waals surface area contributed by atoms with E-state index in [0.29, 0.717) is 0 Å². The van der Waals surface area contributed by atoms with Crippen molar-refractivity contribution in [1.82, 2.24) is 0 Å². The summed E-state index contributed by atoms with van der Waals surface area (Å²) in [7, 11) is 44.8. The fourth-order valence-electron chi connectivity index (χ4n) is 1.35. The van der Waals surface area contributed by atoms with Crippen LogP contribution >= 0.6 is 7.56 Å². The summed E-state index contributed by atoms with van der Waals surface area (Å²) in [6.45, 7) is 0. The molecule has 0 aromatic rings. The molecule has 0 aliphatic rings. The van der Waals surface area contributed by atoms with Gasteiger partial charge in [0.05, 0.1) is 18.6 Å². The Morgan fingerprint density at radius 3 is 1.40 bits per heavy atom. The molecule has 15 heteroatoms. The van der Waals surface area contributed by atoms with E-state index in [1.807, 2.05) is 0 Å². The molecular formula is B14P. The van der Waals surface area contributed by atoms with Gasteiger partial charge in [0.2, 0.25) is 0 Å². The Morgan fingerprint density at radius 1 is 0.800 bits per heavy atom. The summed E-state index contributed by atoms with van der Waals surface area (Å²) in [5, 5.41) is 0. The van der Waals surface area contributed by atoms with Crippen molar-refractivity contribution in [2.75, 3.05) is 0 Å². The van der Waals surface area contributed by atoms with Gasteiger partial charge in [-0.1, -0.05) is 0 Å². The van der Waals surface area contributed by atoms with Crippen LogP contribution in [0.5, 0.6) is 0 Å². The first-order valence-corrected chi connectivity index (χ1v) is 5.99. The summed E-state index contributed by atoms with van der Waals surface area (Å²) in [6.07, 6.45) is -3.05. The van der Waals surface area contributed by atoms with Gasteiger partial charge in [-0.2, -0.15) is 0 Å². The molecule has 0 spiro atoms. The lowest BCUT2D eigenvalue weighted by Gasteiger charge is -2.39. The first kappa shape index (κ1) is 16.3. The van der Waals surface area contributed by atoms with E-state index >= 15 is 0 Å². The molecule has 47 valence electrons. The summed E-state index contributed by atoms with van der Waals surface area (Å²) >= 11 is 0. The highest BCUT2D eigenvalue weighted by Crippen LogP contribution is 2.40. The van der Waals surface area contributed by atoms with E-state index in [0.717, 1.165) is 0 Å². The zero-order valence-electron chi connectivity index (χ0n) is 8.53. The molecule has 17 radical (unpaired) electrons. The summed E-state index contributed by atoms with van der Waals surface area (Å²) in [4.78, 5) is 0. The summed E-state index contributed by atoms with van der Waals surface area (Å²) in [5.74, 6) is 0. The molecule has 0 aromatic heterocycles. The van der Waals surface area contributed by atoms with Gasteiger partial charge in [0, 0.05) is 81.7 Å². The van der Waals surface area contributed by atoms with Crippen LogP contribution in [0.3, 0.4) is 0 Å². The SMILES string of the molecule is [B][B]B([B])P(B([B])[B])B(B([B])[B])B([B])[B]. The molecule has 0 saturated carbocycles. The third-order valence-corrected chi connectivity index (χ3v) is 4.94. The average molecular weight is 182 g/mol. The molecule has 0 rings (SSSR count). The fraction of sp³-hybridized carbons (Fsp3) is 0. The monoisotopic (exact) mass is 185 g/mol. The molecule has 1 atom stereocenters. The lowest BCUT2D eigenvalue weighted by molar-refractivity contribution is 3.58. The van der Waals surface area contributed by atoms with Crippen LogP contribution in [0.15, 0.2) is 0 Å². The minimum absolute atomic E-state index is 0.435. The Labute approximate surface area is 108 Å². The lowest BCUT2D eigenvalue weighted by Crippen LogP contribution is -2.55. The summed E-state index contributed by atoms with van der Waals surface area (Å²) in [5.41, 5.74) is 0. The second-order valence-electron chi connectivity index (χ2n) is 3.27.